The summed E-state index contributed by atoms with van der Waals surface area (Å²) in [6.07, 6.45) is 4.76. The molecular formula is C27H27N5O2. The third-order valence-electron chi connectivity index (χ3n) is 6.07. The van der Waals surface area contributed by atoms with Gasteiger partial charge >= 0.3 is 0 Å². The highest BCUT2D eigenvalue weighted by Gasteiger charge is 2.20. The van der Waals surface area contributed by atoms with E-state index in [2.05, 4.69) is 28.1 Å². The smallest absolute Gasteiger partial charge is 0.229 e. The van der Waals surface area contributed by atoms with Gasteiger partial charge in [-0.3, -0.25) is 4.79 Å². The summed E-state index contributed by atoms with van der Waals surface area (Å²) in [6, 6.07) is 19.0. The number of aromatic nitrogens is 2. The van der Waals surface area contributed by atoms with Gasteiger partial charge in [-0.1, -0.05) is 19.1 Å². The first-order chi connectivity index (χ1) is 16.7. The number of anilines is 3. The van der Waals surface area contributed by atoms with E-state index < -0.39 is 0 Å². The number of rotatable bonds is 7. The standard InChI is InChI=1S/C27H27N5O2/c1-2-31-15-17-32(18-16-31)26-23-7-3-4-8-24(23)29-27(30-26)28-21-11-9-20(10-12-21)25(33)14-13-22-6-5-19-34-22/h3-14,19H,2,15-18H2,1H3,(H,28,29,30)/b14-13+. The topological polar surface area (TPSA) is 74.5 Å². The van der Waals surface area contributed by atoms with Crippen molar-refractivity contribution in [2.45, 2.75) is 6.92 Å². The summed E-state index contributed by atoms with van der Waals surface area (Å²) in [5.41, 5.74) is 2.33. The number of para-hydroxylation sites is 1. The van der Waals surface area contributed by atoms with Crippen LogP contribution in [0.15, 0.2) is 77.4 Å². The van der Waals surface area contributed by atoms with Crippen molar-refractivity contribution < 1.29 is 9.21 Å². The number of piperazine rings is 1. The number of carbonyl (C=O) groups excluding carboxylic acids is 1. The lowest BCUT2D eigenvalue weighted by Gasteiger charge is -2.35. The zero-order chi connectivity index (χ0) is 23.3. The van der Waals surface area contributed by atoms with Crippen LogP contribution in [0, 0.1) is 0 Å². The maximum Gasteiger partial charge on any atom is 0.229 e. The molecule has 2 aromatic carbocycles. The van der Waals surface area contributed by atoms with E-state index in [1.54, 1.807) is 36.6 Å². The number of nitrogens with one attached hydrogen (secondary N) is 1. The predicted octanol–water partition coefficient (Wildman–Crippen LogP) is 5.00. The van der Waals surface area contributed by atoms with E-state index in [9.17, 15) is 4.79 Å². The molecule has 0 atom stereocenters. The van der Waals surface area contributed by atoms with Crippen molar-refractivity contribution in [3.8, 4) is 0 Å². The van der Waals surface area contributed by atoms with E-state index in [1.807, 2.05) is 30.3 Å². The van der Waals surface area contributed by atoms with Crippen molar-refractivity contribution in [1.82, 2.24) is 14.9 Å². The van der Waals surface area contributed by atoms with E-state index in [1.165, 1.54) is 6.08 Å². The van der Waals surface area contributed by atoms with E-state index >= 15 is 0 Å². The fraction of sp³-hybridized carbons (Fsp3) is 0.222. The first-order valence-electron chi connectivity index (χ1n) is 11.6. The average molecular weight is 454 g/mol. The quantitative estimate of drug-likeness (QED) is 0.312. The molecule has 3 heterocycles. The Morgan fingerprint density at radius 2 is 1.79 bits per heavy atom. The minimum absolute atomic E-state index is 0.0848. The highest BCUT2D eigenvalue weighted by Crippen LogP contribution is 2.27. The van der Waals surface area contributed by atoms with Crippen LogP contribution in [-0.4, -0.2) is 53.4 Å². The third kappa shape index (κ3) is 4.84. The van der Waals surface area contributed by atoms with Gasteiger partial charge in [0.25, 0.3) is 0 Å². The van der Waals surface area contributed by atoms with Crippen molar-refractivity contribution in [3.05, 3.63) is 84.3 Å². The molecule has 0 unspecified atom stereocenters. The Morgan fingerprint density at radius 1 is 1.00 bits per heavy atom. The van der Waals surface area contributed by atoms with E-state index in [4.69, 9.17) is 14.4 Å². The summed E-state index contributed by atoms with van der Waals surface area (Å²) in [5.74, 6) is 2.06. The zero-order valence-electron chi connectivity index (χ0n) is 19.1. The van der Waals surface area contributed by atoms with Crippen LogP contribution < -0.4 is 10.2 Å². The SMILES string of the molecule is CCN1CCN(c2nc(Nc3ccc(C(=O)/C=C/c4ccco4)cc3)nc3ccccc23)CC1. The zero-order valence-corrected chi connectivity index (χ0v) is 19.1. The van der Waals surface area contributed by atoms with Gasteiger partial charge in [-0.25, -0.2) is 4.98 Å². The summed E-state index contributed by atoms with van der Waals surface area (Å²) in [5, 5.41) is 4.37. The molecule has 5 rings (SSSR count). The number of fused-ring (bicyclic) bond motifs is 1. The van der Waals surface area contributed by atoms with Crippen LogP contribution in [0.3, 0.4) is 0 Å². The number of likely N-dealkylation sites (N-methyl/N-ethyl adjacent to an activating group) is 1. The summed E-state index contributed by atoms with van der Waals surface area (Å²) < 4.78 is 5.23. The predicted molar refractivity (Wildman–Crippen MR) is 136 cm³/mol. The number of hydrogen-bond donors (Lipinski definition) is 1. The number of allylic oxidation sites excluding steroid dienone is 1. The van der Waals surface area contributed by atoms with Crippen molar-refractivity contribution in [2.24, 2.45) is 0 Å². The fourth-order valence-corrected chi connectivity index (χ4v) is 4.12. The Bertz CT molecular complexity index is 1290. The summed E-state index contributed by atoms with van der Waals surface area (Å²) >= 11 is 0. The first kappa shape index (κ1) is 21.9. The fourth-order valence-electron chi connectivity index (χ4n) is 4.12. The molecule has 1 saturated heterocycles. The highest BCUT2D eigenvalue weighted by atomic mass is 16.3. The second-order valence-electron chi connectivity index (χ2n) is 8.22. The lowest BCUT2D eigenvalue weighted by atomic mass is 10.1. The molecule has 7 heteroatoms. The second kappa shape index (κ2) is 9.89. The molecule has 0 spiro atoms. The second-order valence-corrected chi connectivity index (χ2v) is 8.22. The van der Waals surface area contributed by atoms with E-state index in [0.717, 1.165) is 55.1 Å². The molecule has 0 aliphatic carbocycles. The van der Waals surface area contributed by atoms with Crippen LogP contribution in [0.25, 0.3) is 17.0 Å². The van der Waals surface area contributed by atoms with Crippen LogP contribution in [0.1, 0.15) is 23.0 Å². The summed E-state index contributed by atoms with van der Waals surface area (Å²) in [7, 11) is 0. The van der Waals surface area contributed by atoms with Gasteiger partial charge in [0.05, 0.1) is 11.8 Å². The molecular weight excluding hydrogens is 426 g/mol. The molecule has 0 amide bonds. The molecule has 1 fully saturated rings. The Kier molecular flexibility index (Phi) is 6.35. The first-order valence-corrected chi connectivity index (χ1v) is 11.6. The monoisotopic (exact) mass is 453 g/mol. The van der Waals surface area contributed by atoms with E-state index in [-0.39, 0.29) is 5.78 Å². The lowest BCUT2D eigenvalue weighted by molar-refractivity contribution is 0.104. The molecule has 1 aliphatic rings. The normalized spacial score (nSPS) is 14.7. The Morgan fingerprint density at radius 3 is 2.53 bits per heavy atom. The minimum atomic E-state index is -0.0848. The van der Waals surface area contributed by atoms with Crippen LogP contribution in [0.5, 0.6) is 0 Å². The highest BCUT2D eigenvalue weighted by molar-refractivity contribution is 6.06. The largest absolute Gasteiger partial charge is 0.465 e. The molecule has 34 heavy (non-hydrogen) atoms. The molecule has 4 aromatic rings. The van der Waals surface area contributed by atoms with Crippen molar-refractivity contribution in [3.63, 3.8) is 0 Å². The number of furan rings is 1. The Balaban J connectivity index is 1.35. The van der Waals surface area contributed by atoms with Gasteiger partial charge in [-0.15, -0.1) is 0 Å². The maximum absolute atomic E-state index is 12.4. The third-order valence-corrected chi connectivity index (χ3v) is 6.07. The van der Waals surface area contributed by atoms with Gasteiger partial charge in [0.2, 0.25) is 5.95 Å². The number of carbonyl (C=O) groups is 1. The molecule has 0 bridgehead atoms. The van der Waals surface area contributed by atoms with Crippen LogP contribution in [-0.2, 0) is 0 Å². The molecule has 1 N–H and O–H groups in total. The van der Waals surface area contributed by atoms with E-state index in [0.29, 0.717) is 17.3 Å². The Labute approximate surface area is 198 Å². The summed E-state index contributed by atoms with van der Waals surface area (Å²) in [4.78, 5) is 26.8. The molecule has 1 aliphatic heterocycles. The van der Waals surface area contributed by atoms with Gasteiger partial charge in [-0.2, -0.15) is 4.98 Å². The number of nitrogens with zero attached hydrogens (tertiary/aromatic N) is 4. The molecule has 0 saturated carbocycles. The van der Waals surface area contributed by atoms with Gasteiger partial charge < -0.3 is 19.5 Å². The lowest BCUT2D eigenvalue weighted by Crippen LogP contribution is -2.46. The summed E-state index contributed by atoms with van der Waals surface area (Å²) in [6.45, 7) is 7.21. The number of hydrogen-bond acceptors (Lipinski definition) is 7. The maximum atomic E-state index is 12.4. The van der Waals surface area contributed by atoms with Crippen LogP contribution in [0.4, 0.5) is 17.5 Å². The van der Waals surface area contributed by atoms with Crippen LogP contribution >= 0.6 is 0 Å². The molecule has 0 radical (unpaired) electrons. The minimum Gasteiger partial charge on any atom is -0.465 e. The van der Waals surface area contributed by atoms with Crippen LogP contribution in [0.2, 0.25) is 0 Å². The van der Waals surface area contributed by atoms with Crippen molar-refractivity contribution >= 4 is 40.2 Å². The molecule has 172 valence electrons. The van der Waals surface area contributed by atoms with Gasteiger partial charge in [0.1, 0.15) is 11.6 Å². The van der Waals surface area contributed by atoms with Gasteiger partial charge in [0.15, 0.2) is 5.78 Å². The van der Waals surface area contributed by atoms with Crippen molar-refractivity contribution in [2.75, 3.05) is 42.9 Å². The molecule has 7 nitrogen and oxygen atoms in total. The Hall–Kier alpha value is -3.97. The average Bonchev–Trinajstić information content (AvgIpc) is 3.41. The number of ketones is 1. The van der Waals surface area contributed by atoms with Crippen molar-refractivity contribution in [1.29, 1.82) is 0 Å². The van der Waals surface area contributed by atoms with Gasteiger partial charge in [0, 0.05) is 42.8 Å². The molecule has 2 aromatic heterocycles. The number of benzene rings is 2. The van der Waals surface area contributed by atoms with Gasteiger partial charge in [-0.05, 0) is 67.2 Å².